The fourth-order valence-corrected chi connectivity index (χ4v) is 1.88. The number of amides is 1. The summed E-state index contributed by atoms with van der Waals surface area (Å²) in [6.07, 6.45) is 1.62. The van der Waals surface area contributed by atoms with Gasteiger partial charge in [-0.25, -0.2) is 4.39 Å². The van der Waals surface area contributed by atoms with Gasteiger partial charge in [0.2, 0.25) is 5.91 Å². The summed E-state index contributed by atoms with van der Waals surface area (Å²) in [4.78, 5) is 11.9. The van der Waals surface area contributed by atoms with E-state index in [0.717, 1.165) is 12.8 Å². The third-order valence-corrected chi connectivity index (χ3v) is 3.17. The van der Waals surface area contributed by atoms with Crippen LogP contribution >= 0.6 is 15.9 Å². The molecule has 94 valence electrons. The Balaban J connectivity index is 2.76. The molecule has 1 rings (SSSR count). The van der Waals surface area contributed by atoms with E-state index in [0.29, 0.717) is 16.7 Å². The molecule has 1 atom stereocenters. The topological polar surface area (TPSA) is 55.1 Å². The van der Waals surface area contributed by atoms with Gasteiger partial charge in [-0.05, 0) is 40.5 Å². The summed E-state index contributed by atoms with van der Waals surface area (Å²) in [5, 5.41) is 2.68. The Hall–Kier alpha value is -0.940. The Morgan fingerprint density at radius 3 is 2.88 bits per heavy atom. The molecule has 0 bridgehead atoms. The van der Waals surface area contributed by atoms with Crippen LogP contribution in [-0.2, 0) is 4.79 Å². The van der Waals surface area contributed by atoms with Crippen molar-refractivity contribution in [3.63, 3.8) is 0 Å². The first kappa shape index (κ1) is 14.1. The number of rotatable bonds is 5. The molecule has 1 aromatic carbocycles. The highest BCUT2D eigenvalue weighted by molar-refractivity contribution is 9.10. The predicted octanol–water partition coefficient (Wildman–Crippen LogP) is 2.90. The van der Waals surface area contributed by atoms with Gasteiger partial charge in [0.25, 0.3) is 0 Å². The highest BCUT2D eigenvalue weighted by Gasteiger charge is 2.16. The van der Waals surface area contributed by atoms with E-state index in [1.807, 2.05) is 6.92 Å². The molecule has 0 aliphatic carbocycles. The number of nitrogens with two attached hydrogens (primary N) is 1. The fraction of sp³-hybridized carbons (Fsp3) is 0.417. The molecule has 1 aromatic rings. The van der Waals surface area contributed by atoms with Crippen LogP contribution in [0.3, 0.4) is 0 Å². The third-order valence-electron chi connectivity index (χ3n) is 2.48. The van der Waals surface area contributed by atoms with Gasteiger partial charge in [-0.3, -0.25) is 4.79 Å². The summed E-state index contributed by atoms with van der Waals surface area (Å²) < 4.78 is 13.7. The lowest BCUT2D eigenvalue weighted by atomic mass is 10.0. The van der Waals surface area contributed by atoms with Gasteiger partial charge in [0.15, 0.2) is 0 Å². The summed E-state index contributed by atoms with van der Waals surface area (Å²) in [6.45, 7) is 2.29. The van der Waals surface area contributed by atoms with E-state index in [2.05, 4.69) is 21.2 Å². The molecule has 0 saturated carbocycles. The fourth-order valence-electron chi connectivity index (χ4n) is 1.53. The van der Waals surface area contributed by atoms with Gasteiger partial charge in [0, 0.05) is 11.0 Å². The molecule has 0 spiro atoms. The second-order valence-electron chi connectivity index (χ2n) is 3.83. The van der Waals surface area contributed by atoms with Crippen LogP contribution in [0.25, 0.3) is 0 Å². The average molecular weight is 303 g/mol. The van der Waals surface area contributed by atoms with Gasteiger partial charge in [0.05, 0.1) is 11.6 Å². The quantitative estimate of drug-likeness (QED) is 0.879. The summed E-state index contributed by atoms with van der Waals surface area (Å²) in [6, 6.07) is 4.16. The van der Waals surface area contributed by atoms with E-state index in [-0.39, 0.29) is 17.6 Å². The van der Waals surface area contributed by atoms with Crippen molar-refractivity contribution in [2.24, 2.45) is 11.7 Å². The zero-order chi connectivity index (χ0) is 12.8. The third kappa shape index (κ3) is 4.09. The van der Waals surface area contributed by atoms with Crippen LogP contribution in [0.15, 0.2) is 22.7 Å². The highest BCUT2D eigenvalue weighted by atomic mass is 79.9. The Kier molecular flexibility index (Phi) is 5.58. The molecule has 0 aliphatic heterocycles. The first-order chi connectivity index (χ1) is 8.08. The minimum atomic E-state index is -0.386. The van der Waals surface area contributed by atoms with E-state index in [4.69, 9.17) is 5.73 Å². The zero-order valence-corrected chi connectivity index (χ0v) is 11.3. The molecular weight excluding hydrogens is 287 g/mol. The van der Waals surface area contributed by atoms with Crippen LogP contribution in [0.1, 0.15) is 19.8 Å². The minimum Gasteiger partial charge on any atom is -0.330 e. The Morgan fingerprint density at radius 1 is 1.59 bits per heavy atom. The van der Waals surface area contributed by atoms with E-state index < -0.39 is 0 Å². The van der Waals surface area contributed by atoms with Gasteiger partial charge < -0.3 is 11.1 Å². The Labute approximate surface area is 109 Å². The van der Waals surface area contributed by atoms with Gasteiger partial charge in [-0.2, -0.15) is 0 Å². The number of halogens is 2. The van der Waals surface area contributed by atoms with Crippen molar-refractivity contribution >= 4 is 27.5 Å². The van der Waals surface area contributed by atoms with E-state index in [1.165, 1.54) is 12.1 Å². The van der Waals surface area contributed by atoms with Crippen molar-refractivity contribution in [1.82, 2.24) is 0 Å². The van der Waals surface area contributed by atoms with Crippen LogP contribution < -0.4 is 11.1 Å². The van der Waals surface area contributed by atoms with Gasteiger partial charge in [-0.1, -0.05) is 13.3 Å². The normalized spacial score (nSPS) is 12.2. The number of hydrogen-bond acceptors (Lipinski definition) is 2. The second-order valence-corrected chi connectivity index (χ2v) is 4.69. The number of carbonyl (C=O) groups excluding carboxylic acids is 1. The SMILES string of the molecule is CCCC(CN)C(=O)Nc1cc(F)ccc1Br. The van der Waals surface area contributed by atoms with Gasteiger partial charge in [0.1, 0.15) is 5.82 Å². The lowest BCUT2D eigenvalue weighted by Gasteiger charge is -2.14. The summed E-state index contributed by atoms with van der Waals surface area (Å²) in [7, 11) is 0. The molecule has 0 aromatic heterocycles. The first-order valence-electron chi connectivity index (χ1n) is 5.54. The van der Waals surface area contributed by atoms with Crippen molar-refractivity contribution in [2.45, 2.75) is 19.8 Å². The summed E-state index contributed by atoms with van der Waals surface area (Å²) in [5.41, 5.74) is 5.97. The number of benzene rings is 1. The minimum absolute atomic E-state index is 0.166. The molecule has 0 aliphatic rings. The average Bonchev–Trinajstić information content (AvgIpc) is 2.30. The van der Waals surface area contributed by atoms with Crippen molar-refractivity contribution < 1.29 is 9.18 Å². The van der Waals surface area contributed by atoms with Crippen molar-refractivity contribution in [2.75, 3.05) is 11.9 Å². The molecule has 3 nitrogen and oxygen atoms in total. The molecule has 1 unspecified atom stereocenters. The van der Waals surface area contributed by atoms with Crippen LogP contribution in [0.2, 0.25) is 0 Å². The van der Waals surface area contributed by atoms with E-state index in [9.17, 15) is 9.18 Å². The molecule has 3 N–H and O–H groups in total. The van der Waals surface area contributed by atoms with Gasteiger partial charge in [-0.15, -0.1) is 0 Å². The molecule has 5 heteroatoms. The molecule has 0 heterocycles. The maximum Gasteiger partial charge on any atom is 0.228 e. The maximum absolute atomic E-state index is 13.0. The first-order valence-corrected chi connectivity index (χ1v) is 6.33. The number of carbonyl (C=O) groups is 1. The number of nitrogens with one attached hydrogen (secondary N) is 1. The van der Waals surface area contributed by atoms with Crippen LogP contribution in [-0.4, -0.2) is 12.5 Å². The second kappa shape index (κ2) is 6.71. The predicted molar refractivity (Wildman–Crippen MR) is 70.2 cm³/mol. The molecule has 0 fully saturated rings. The molecular formula is C12H16BrFN2O. The monoisotopic (exact) mass is 302 g/mol. The highest BCUT2D eigenvalue weighted by Crippen LogP contribution is 2.23. The largest absolute Gasteiger partial charge is 0.330 e. The molecule has 1 amide bonds. The summed E-state index contributed by atoms with van der Waals surface area (Å²) >= 11 is 3.26. The Bertz CT molecular complexity index is 398. The van der Waals surface area contributed by atoms with E-state index in [1.54, 1.807) is 6.07 Å². The number of anilines is 1. The molecule has 0 saturated heterocycles. The smallest absolute Gasteiger partial charge is 0.228 e. The van der Waals surface area contributed by atoms with Crippen LogP contribution in [0, 0.1) is 11.7 Å². The van der Waals surface area contributed by atoms with Gasteiger partial charge >= 0.3 is 0 Å². The summed E-state index contributed by atoms with van der Waals surface area (Å²) in [5.74, 6) is -0.779. The zero-order valence-electron chi connectivity index (χ0n) is 9.67. The Morgan fingerprint density at radius 2 is 2.29 bits per heavy atom. The number of hydrogen-bond donors (Lipinski definition) is 2. The van der Waals surface area contributed by atoms with E-state index >= 15 is 0 Å². The lowest BCUT2D eigenvalue weighted by molar-refractivity contribution is -0.119. The van der Waals surface area contributed by atoms with Crippen molar-refractivity contribution in [3.8, 4) is 0 Å². The van der Waals surface area contributed by atoms with Crippen LogP contribution in [0.4, 0.5) is 10.1 Å². The standard InChI is InChI=1S/C12H16BrFN2O/c1-2-3-8(7-15)12(17)16-11-6-9(14)4-5-10(11)13/h4-6,8H,2-3,7,15H2,1H3,(H,16,17). The maximum atomic E-state index is 13.0. The molecule has 0 radical (unpaired) electrons. The van der Waals surface area contributed by atoms with Crippen molar-refractivity contribution in [1.29, 1.82) is 0 Å². The van der Waals surface area contributed by atoms with Crippen LogP contribution in [0.5, 0.6) is 0 Å². The lowest BCUT2D eigenvalue weighted by Crippen LogP contribution is -2.29. The molecule has 17 heavy (non-hydrogen) atoms. The van der Waals surface area contributed by atoms with Crippen molar-refractivity contribution in [3.05, 3.63) is 28.5 Å².